The minimum atomic E-state index is -2.59. The summed E-state index contributed by atoms with van der Waals surface area (Å²) in [5.74, 6) is -1.85. The fourth-order valence-corrected chi connectivity index (χ4v) is 7.14. The van der Waals surface area contributed by atoms with E-state index in [4.69, 9.17) is 4.34 Å². The lowest BCUT2D eigenvalue weighted by molar-refractivity contribution is -0.121. The van der Waals surface area contributed by atoms with Crippen molar-refractivity contribution in [2.45, 2.75) is 29.7 Å². The molecule has 0 aliphatic carbocycles. The molecule has 10 heteroatoms. The molecule has 5 nitrogen and oxygen atoms in total. The topological polar surface area (TPSA) is 66.8 Å². The summed E-state index contributed by atoms with van der Waals surface area (Å²) in [4.78, 5) is 26.3. The average molecular weight is 419 g/mol. The van der Waals surface area contributed by atoms with Crippen molar-refractivity contribution in [3.8, 4) is 0 Å². The number of amides is 2. The van der Waals surface area contributed by atoms with E-state index in [1.54, 1.807) is 19.2 Å². The van der Waals surface area contributed by atoms with Crippen molar-refractivity contribution in [3.05, 3.63) is 48.0 Å². The molecule has 1 atom stereocenters. The van der Waals surface area contributed by atoms with Crippen LogP contribution in [0.3, 0.4) is 0 Å². The van der Waals surface area contributed by atoms with Gasteiger partial charge in [-0.05, 0) is 48.9 Å². The Bertz CT molecular complexity index is 988. The first-order valence-corrected chi connectivity index (χ1v) is 12.5. The van der Waals surface area contributed by atoms with Gasteiger partial charge in [-0.3, -0.25) is 9.59 Å². The number of hydrogen-bond acceptors (Lipinski definition) is 5. The highest BCUT2D eigenvalue weighted by Crippen LogP contribution is 2.35. The fraction of sp³-hybridized carbons (Fsp3) is 0.222. The van der Waals surface area contributed by atoms with E-state index in [1.807, 2.05) is 0 Å². The third kappa shape index (κ3) is 3.10. The average Bonchev–Trinajstić information content (AvgIpc) is 3.03. The van der Waals surface area contributed by atoms with Gasteiger partial charge in [-0.15, -0.1) is 11.8 Å². The standard InChI is InChI=1S/C18H16BF2NO4SSi/c1-28(2)17-12(19(25)26-28)7-8-13(16(17)21)27-14-9-15(23)22(18(14)24)11-5-3-10(20)4-6-11/h3-8,14,25H,9H2,1-2H3. The van der Waals surface area contributed by atoms with E-state index < -0.39 is 44.1 Å². The molecule has 0 radical (unpaired) electrons. The largest absolute Gasteiger partial charge is 0.480 e. The predicted octanol–water partition coefficient (Wildman–Crippen LogP) is 1.52. The smallest absolute Gasteiger partial charge is 0.446 e. The highest BCUT2D eigenvalue weighted by Gasteiger charge is 2.46. The fourth-order valence-electron chi connectivity index (χ4n) is 3.59. The Kier molecular flexibility index (Phi) is 4.69. The number of thioether (sulfide) groups is 1. The van der Waals surface area contributed by atoms with Crippen LogP contribution in [0.25, 0.3) is 0 Å². The molecule has 4 rings (SSSR count). The summed E-state index contributed by atoms with van der Waals surface area (Å²) in [6, 6.07) is 8.18. The van der Waals surface area contributed by atoms with Crippen LogP contribution in [0.15, 0.2) is 41.3 Å². The van der Waals surface area contributed by atoms with E-state index in [-0.39, 0.29) is 11.3 Å². The molecule has 1 N–H and O–H groups in total. The number of hydrogen-bond donors (Lipinski definition) is 1. The van der Waals surface area contributed by atoms with Gasteiger partial charge in [0.15, 0.2) is 0 Å². The summed E-state index contributed by atoms with van der Waals surface area (Å²) in [7, 11) is -3.74. The molecule has 144 valence electrons. The van der Waals surface area contributed by atoms with Crippen molar-refractivity contribution < 1.29 is 27.7 Å². The molecule has 0 bridgehead atoms. The van der Waals surface area contributed by atoms with Crippen molar-refractivity contribution in [1.82, 2.24) is 0 Å². The predicted molar refractivity (Wildman–Crippen MR) is 105 cm³/mol. The number of benzene rings is 2. The van der Waals surface area contributed by atoms with Crippen LogP contribution >= 0.6 is 11.8 Å². The lowest BCUT2D eigenvalue weighted by Crippen LogP contribution is -2.46. The second kappa shape index (κ2) is 6.80. The Morgan fingerprint density at radius 1 is 1.18 bits per heavy atom. The summed E-state index contributed by atoms with van der Waals surface area (Å²) >= 11 is 0.983. The molecule has 2 heterocycles. The molecule has 0 aromatic heterocycles. The minimum Gasteiger partial charge on any atom is -0.446 e. The SMILES string of the molecule is C[Si]1(C)OB(O)c2ccc(SC3CC(=O)N(c4ccc(F)cc4)C3=O)c(F)c21. The van der Waals surface area contributed by atoms with Gasteiger partial charge in [-0.2, -0.15) is 0 Å². The van der Waals surface area contributed by atoms with Crippen LogP contribution < -0.4 is 15.5 Å². The first-order valence-electron chi connectivity index (χ1n) is 8.67. The van der Waals surface area contributed by atoms with Crippen molar-refractivity contribution >= 4 is 55.3 Å². The van der Waals surface area contributed by atoms with Crippen LogP contribution in [0, 0.1) is 11.6 Å². The molecule has 1 saturated heterocycles. The molecule has 2 aliphatic heterocycles. The highest BCUT2D eigenvalue weighted by molar-refractivity contribution is 8.00. The Morgan fingerprint density at radius 3 is 2.54 bits per heavy atom. The van der Waals surface area contributed by atoms with Gasteiger partial charge in [-0.25, -0.2) is 13.7 Å². The van der Waals surface area contributed by atoms with Crippen LogP contribution in [0.1, 0.15) is 6.42 Å². The number of carbonyl (C=O) groups is 2. The van der Waals surface area contributed by atoms with Gasteiger partial charge in [-0.1, -0.05) is 6.07 Å². The van der Waals surface area contributed by atoms with Gasteiger partial charge in [0.1, 0.15) is 11.6 Å². The zero-order valence-electron chi connectivity index (χ0n) is 15.1. The van der Waals surface area contributed by atoms with E-state index in [9.17, 15) is 19.0 Å². The first kappa shape index (κ1) is 19.3. The number of nitrogens with zero attached hydrogens (tertiary/aromatic N) is 1. The monoisotopic (exact) mass is 419 g/mol. The summed E-state index contributed by atoms with van der Waals surface area (Å²) in [6.07, 6.45) is -0.0721. The number of fused-ring (bicyclic) bond motifs is 1. The van der Waals surface area contributed by atoms with Crippen LogP contribution in [0.4, 0.5) is 14.5 Å². The number of imide groups is 1. The highest BCUT2D eigenvalue weighted by atomic mass is 32.2. The summed E-state index contributed by atoms with van der Waals surface area (Å²) in [5.41, 5.74) is 0.708. The first-order chi connectivity index (χ1) is 13.2. The normalized spacial score (nSPS) is 20.8. The maximum Gasteiger partial charge on any atom is 0.480 e. The number of anilines is 1. The summed E-state index contributed by atoms with van der Waals surface area (Å²) in [5, 5.41) is 9.59. The maximum absolute atomic E-state index is 15.2. The van der Waals surface area contributed by atoms with E-state index in [0.717, 1.165) is 16.7 Å². The van der Waals surface area contributed by atoms with E-state index in [1.165, 1.54) is 30.3 Å². The van der Waals surface area contributed by atoms with Crippen LogP contribution in [-0.4, -0.2) is 37.5 Å². The number of carbonyl (C=O) groups excluding carboxylic acids is 2. The quantitative estimate of drug-likeness (QED) is 0.604. The van der Waals surface area contributed by atoms with E-state index in [0.29, 0.717) is 16.3 Å². The molecule has 1 unspecified atom stereocenters. The summed E-state index contributed by atoms with van der Waals surface area (Å²) in [6.45, 7) is 3.58. The molecular formula is C18H16BF2NO4SSi. The van der Waals surface area contributed by atoms with Gasteiger partial charge >= 0.3 is 7.12 Å². The van der Waals surface area contributed by atoms with Gasteiger partial charge in [0.2, 0.25) is 20.1 Å². The maximum atomic E-state index is 15.2. The van der Waals surface area contributed by atoms with E-state index >= 15 is 4.39 Å². The van der Waals surface area contributed by atoms with E-state index in [2.05, 4.69) is 0 Å². The lowest BCUT2D eigenvalue weighted by Gasteiger charge is -2.19. The zero-order valence-corrected chi connectivity index (χ0v) is 16.9. The zero-order chi connectivity index (χ0) is 20.2. The molecule has 2 amide bonds. The third-order valence-corrected chi connectivity index (χ3v) is 8.62. The van der Waals surface area contributed by atoms with Gasteiger partial charge in [0, 0.05) is 16.5 Å². The van der Waals surface area contributed by atoms with Crippen molar-refractivity contribution in [2.24, 2.45) is 0 Å². The second-order valence-corrected chi connectivity index (χ2v) is 12.2. The second-order valence-electron chi connectivity index (χ2n) is 7.18. The van der Waals surface area contributed by atoms with Crippen LogP contribution in [-0.2, 0) is 13.9 Å². The van der Waals surface area contributed by atoms with Crippen molar-refractivity contribution in [3.63, 3.8) is 0 Å². The molecule has 0 saturated carbocycles. The van der Waals surface area contributed by atoms with Crippen LogP contribution in [0.5, 0.6) is 0 Å². The molecule has 0 spiro atoms. The van der Waals surface area contributed by atoms with Crippen LogP contribution in [0.2, 0.25) is 13.1 Å². The van der Waals surface area contributed by atoms with Gasteiger partial charge < -0.3 is 9.37 Å². The Morgan fingerprint density at radius 2 is 1.86 bits per heavy atom. The Labute approximate surface area is 166 Å². The lowest BCUT2D eigenvalue weighted by atomic mass is 9.80. The Hall–Kier alpha value is -2.01. The third-order valence-electron chi connectivity index (χ3n) is 4.87. The molecule has 1 fully saturated rings. The summed E-state index contributed by atoms with van der Waals surface area (Å²) < 4.78 is 33.8. The molecule has 2 aliphatic rings. The van der Waals surface area contributed by atoms with Crippen molar-refractivity contribution in [2.75, 3.05) is 4.90 Å². The number of halogens is 2. The van der Waals surface area contributed by atoms with Crippen molar-refractivity contribution in [1.29, 1.82) is 0 Å². The van der Waals surface area contributed by atoms with Gasteiger partial charge in [0.25, 0.3) is 0 Å². The van der Waals surface area contributed by atoms with Gasteiger partial charge in [0.05, 0.1) is 10.9 Å². The minimum absolute atomic E-state index is 0.0721. The molecule has 2 aromatic carbocycles. The number of rotatable bonds is 3. The molecule has 28 heavy (non-hydrogen) atoms. The Balaban J connectivity index is 1.62. The molecule has 2 aromatic rings. The molecular weight excluding hydrogens is 403 g/mol.